The maximum Gasteiger partial charge on any atom is 0.204 e. The lowest BCUT2D eigenvalue weighted by Crippen LogP contribution is -2.28. The summed E-state index contributed by atoms with van der Waals surface area (Å²) in [7, 11) is 0. The zero-order valence-electron chi connectivity index (χ0n) is 11.1. The molecule has 1 aliphatic heterocycles. The van der Waals surface area contributed by atoms with Crippen LogP contribution in [0.2, 0.25) is 5.02 Å². The summed E-state index contributed by atoms with van der Waals surface area (Å²) < 4.78 is 19.2. The molecule has 2 aromatic carbocycles. The molecule has 1 aromatic heterocycles. The fourth-order valence-corrected chi connectivity index (χ4v) is 3.08. The normalized spacial score (nSPS) is 17.9. The third-order valence-corrected chi connectivity index (χ3v) is 4.10. The summed E-state index contributed by atoms with van der Waals surface area (Å²) in [6, 6.07) is 10.8. The van der Waals surface area contributed by atoms with Gasteiger partial charge in [-0.3, -0.25) is 0 Å². The van der Waals surface area contributed by atoms with E-state index in [4.69, 9.17) is 16.0 Å². The Morgan fingerprint density at radius 1 is 1.29 bits per heavy atom. The molecule has 1 aliphatic rings. The van der Waals surface area contributed by atoms with Gasteiger partial charge in [-0.15, -0.1) is 0 Å². The van der Waals surface area contributed by atoms with E-state index in [0.717, 1.165) is 13.1 Å². The lowest BCUT2D eigenvalue weighted by atomic mass is 9.91. The number of oxazole rings is 1. The van der Waals surface area contributed by atoms with Gasteiger partial charge >= 0.3 is 0 Å². The molecular weight excluding hydrogens is 291 g/mol. The first-order chi connectivity index (χ1) is 10.2. The standard InChI is InChI=1S/C16H12ClFN2O/c17-13-5-10(18)6-14-15(13)21-16(20-14)12-8-19-7-9-3-1-2-4-11(9)12/h1-6,12,19H,7-8H2. The second-order valence-corrected chi connectivity index (χ2v) is 5.58. The Morgan fingerprint density at radius 3 is 3.05 bits per heavy atom. The summed E-state index contributed by atoms with van der Waals surface area (Å²) in [6.07, 6.45) is 0. The Labute approximate surface area is 125 Å². The molecule has 21 heavy (non-hydrogen) atoms. The van der Waals surface area contributed by atoms with Crippen molar-refractivity contribution in [3.05, 3.63) is 64.3 Å². The molecular formula is C16H12ClFN2O. The molecule has 1 atom stereocenters. The number of rotatable bonds is 1. The van der Waals surface area contributed by atoms with E-state index in [-0.39, 0.29) is 10.9 Å². The Morgan fingerprint density at radius 2 is 2.14 bits per heavy atom. The van der Waals surface area contributed by atoms with Crippen molar-refractivity contribution in [2.24, 2.45) is 0 Å². The van der Waals surface area contributed by atoms with Crippen LogP contribution in [-0.4, -0.2) is 11.5 Å². The van der Waals surface area contributed by atoms with E-state index in [0.29, 0.717) is 17.0 Å². The largest absolute Gasteiger partial charge is 0.438 e. The van der Waals surface area contributed by atoms with Crippen LogP contribution in [0.1, 0.15) is 22.9 Å². The predicted octanol–water partition coefficient (Wildman–Crippen LogP) is 3.86. The second kappa shape index (κ2) is 4.83. The van der Waals surface area contributed by atoms with E-state index in [1.807, 2.05) is 12.1 Å². The molecule has 2 heterocycles. The number of benzene rings is 2. The average Bonchev–Trinajstić information content (AvgIpc) is 2.90. The molecule has 3 nitrogen and oxygen atoms in total. The minimum atomic E-state index is -0.408. The van der Waals surface area contributed by atoms with Gasteiger partial charge in [-0.2, -0.15) is 0 Å². The van der Waals surface area contributed by atoms with Gasteiger partial charge in [-0.25, -0.2) is 9.37 Å². The van der Waals surface area contributed by atoms with Crippen LogP contribution in [0.25, 0.3) is 11.1 Å². The van der Waals surface area contributed by atoms with Crippen molar-refractivity contribution in [3.63, 3.8) is 0 Å². The van der Waals surface area contributed by atoms with E-state index < -0.39 is 5.82 Å². The Balaban J connectivity index is 1.86. The van der Waals surface area contributed by atoms with E-state index >= 15 is 0 Å². The van der Waals surface area contributed by atoms with E-state index in [1.165, 1.54) is 23.3 Å². The fraction of sp³-hybridized carbons (Fsp3) is 0.188. The molecule has 0 fully saturated rings. The molecule has 0 radical (unpaired) electrons. The highest BCUT2D eigenvalue weighted by atomic mass is 35.5. The first-order valence-electron chi connectivity index (χ1n) is 6.76. The summed E-state index contributed by atoms with van der Waals surface area (Å²) in [5, 5.41) is 3.60. The van der Waals surface area contributed by atoms with Gasteiger partial charge in [0.1, 0.15) is 11.3 Å². The van der Waals surface area contributed by atoms with E-state index in [1.54, 1.807) is 0 Å². The lowest BCUT2D eigenvalue weighted by molar-refractivity contribution is 0.464. The van der Waals surface area contributed by atoms with Crippen LogP contribution in [0, 0.1) is 5.82 Å². The summed E-state index contributed by atoms with van der Waals surface area (Å²) in [4.78, 5) is 4.43. The fourth-order valence-electron chi connectivity index (χ4n) is 2.84. The molecule has 106 valence electrons. The smallest absolute Gasteiger partial charge is 0.204 e. The third kappa shape index (κ3) is 2.11. The molecule has 0 spiro atoms. The van der Waals surface area contributed by atoms with E-state index in [2.05, 4.69) is 22.4 Å². The number of fused-ring (bicyclic) bond motifs is 2. The highest BCUT2D eigenvalue weighted by molar-refractivity contribution is 6.34. The zero-order valence-corrected chi connectivity index (χ0v) is 11.8. The third-order valence-electron chi connectivity index (χ3n) is 3.82. The van der Waals surface area contributed by atoms with Gasteiger partial charge < -0.3 is 9.73 Å². The molecule has 0 bridgehead atoms. The Kier molecular flexibility index (Phi) is 2.94. The van der Waals surface area contributed by atoms with Crippen LogP contribution in [0.5, 0.6) is 0 Å². The molecule has 0 aliphatic carbocycles. The Hall–Kier alpha value is -1.91. The number of hydrogen-bond acceptors (Lipinski definition) is 3. The van der Waals surface area contributed by atoms with E-state index in [9.17, 15) is 4.39 Å². The average molecular weight is 303 g/mol. The summed E-state index contributed by atoms with van der Waals surface area (Å²) in [6.45, 7) is 1.58. The van der Waals surface area contributed by atoms with Crippen molar-refractivity contribution in [2.45, 2.75) is 12.5 Å². The van der Waals surface area contributed by atoms with Crippen LogP contribution < -0.4 is 5.32 Å². The molecule has 0 amide bonds. The number of hydrogen-bond donors (Lipinski definition) is 1. The summed E-state index contributed by atoms with van der Waals surface area (Å²) >= 11 is 6.03. The molecule has 0 saturated carbocycles. The van der Waals surface area contributed by atoms with Crippen molar-refractivity contribution in [1.82, 2.24) is 10.3 Å². The zero-order chi connectivity index (χ0) is 14.4. The van der Waals surface area contributed by atoms with Crippen LogP contribution >= 0.6 is 11.6 Å². The topological polar surface area (TPSA) is 38.1 Å². The monoisotopic (exact) mass is 302 g/mol. The number of nitrogens with zero attached hydrogens (tertiary/aromatic N) is 1. The van der Waals surface area contributed by atoms with Crippen LogP contribution in [0.4, 0.5) is 4.39 Å². The minimum Gasteiger partial charge on any atom is -0.438 e. The summed E-state index contributed by atoms with van der Waals surface area (Å²) in [5.41, 5.74) is 3.32. The van der Waals surface area contributed by atoms with Crippen LogP contribution in [-0.2, 0) is 6.54 Å². The quantitative estimate of drug-likeness (QED) is 0.742. The summed E-state index contributed by atoms with van der Waals surface area (Å²) in [5.74, 6) is 0.174. The van der Waals surface area contributed by atoms with Gasteiger partial charge in [0, 0.05) is 19.2 Å². The first kappa shape index (κ1) is 12.8. The van der Waals surface area contributed by atoms with Crippen molar-refractivity contribution >= 4 is 22.7 Å². The molecule has 0 saturated heterocycles. The van der Waals surface area contributed by atoms with Crippen molar-refractivity contribution in [1.29, 1.82) is 0 Å². The highest BCUT2D eigenvalue weighted by Gasteiger charge is 2.26. The van der Waals surface area contributed by atoms with Gasteiger partial charge in [0.05, 0.1) is 10.9 Å². The van der Waals surface area contributed by atoms with Crippen molar-refractivity contribution in [2.75, 3.05) is 6.54 Å². The molecule has 1 N–H and O–H groups in total. The number of nitrogens with one attached hydrogen (secondary N) is 1. The molecule has 4 rings (SSSR count). The number of aromatic nitrogens is 1. The first-order valence-corrected chi connectivity index (χ1v) is 7.14. The van der Waals surface area contributed by atoms with Gasteiger partial charge in [0.2, 0.25) is 5.89 Å². The van der Waals surface area contributed by atoms with Crippen LogP contribution in [0.15, 0.2) is 40.8 Å². The maximum absolute atomic E-state index is 13.4. The second-order valence-electron chi connectivity index (χ2n) is 5.17. The van der Waals surface area contributed by atoms with Gasteiger partial charge in [0.15, 0.2) is 5.58 Å². The van der Waals surface area contributed by atoms with Crippen molar-refractivity contribution < 1.29 is 8.81 Å². The van der Waals surface area contributed by atoms with Crippen LogP contribution in [0.3, 0.4) is 0 Å². The predicted molar refractivity (Wildman–Crippen MR) is 79.0 cm³/mol. The molecule has 1 unspecified atom stereocenters. The van der Waals surface area contributed by atoms with Gasteiger partial charge in [-0.05, 0) is 17.2 Å². The SMILES string of the molecule is Fc1cc(Cl)c2oc(C3CNCc4ccccc43)nc2c1. The highest BCUT2D eigenvalue weighted by Crippen LogP contribution is 2.33. The lowest BCUT2D eigenvalue weighted by Gasteiger charge is -2.23. The van der Waals surface area contributed by atoms with Crippen molar-refractivity contribution in [3.8, 4) is 0 Å². The minimum absolute atomic E-state index is 0.0153. The van der Waals surface area contributed by atoms with Gasteiger partial charge in [0.25, 0.3) is 0 Å². The number of halogens is 2. The Bertz CT molecular complexity index is 830. The van der Waals surface area contributed by atoms with Gasteiger partial charge in [-0.1, -0.05) is 35.9 Å². The molecule has 3 aromatic rings. The maximum atomic E-state index is 13.4. The molecule has 5 heteroatoms.